The second-order valence-corrected chi connectivity index (χ2v) is 8.72. The monoisotopic (exact) mass is 384 g/mol. The topological polar surface area (TPSA) is 9.23 Å². The SMILES string of the molecule is C=CCOc1cc(F)c2cc([C@@H]3CC[C@@H]4CC(CC)CCC4C3)c(F)cc2c1. The Hall–Kier alpha value is -1.90. The summed E-state index contributed by atoms with van der Waals surface area (Å²) in [5, 5.41) is 1.04. The Labute approximate surface area is 166 Å². The van der Waals surface area contributed by atoms with Crippen molar-refractivity contribution in [3.05, 3.63) is 54.1 Å². The zero-order chi connectivity index (χ0) is 19.7. The molecule has 0 radical (unpaired) electrons. The quantitative estimate of drug-likeness (QED) is 0.488. The van der Waals surface area contributed by atoms with Crippen LogP contribution in [0.3, 0.4) is 0 Å². The van der Waals surface area contributed by atoms with Crippen molar-refractivity contribution in [2.75, 3.05) is 6.61 Å². The highest BCUT2D eigenvalue weighted by Gasteiger charge is 2.36. The number of hydrogen-bond acceptors (Lipinski definition) is 1. The van der Waals surface area contributed by atoms with Gasteiger partial charge in [0.05, 0.1) is 0 Å². The highest BCUT2D eigenvalue weighted by molar-refractivity contribution is 5.85. The lowest BCUT2D eigenvalue weighted by Gasteiger charge is -2.42. The molecule has 1 nitrogen and oxygen atoms in total. The molecule has 2 aromatic carbocycles. The van der Waals surface area contributed by atoms with Crippen molar-refractivity contribution in [2.45, 2.75) is 57.8 Å². The van der Waals surface area contributed by atoms with E-state index in [1.165, 1.54) is 44.2 Å². The summed E-state index contributed by atoms with van der Waals surface area (Å²) in [6.45, 7) is 6.19. The summed E-state index contributed by atoms with van der Waals surface area (Å²) >= 11 is 0. The molecule has 2 aromatic rings. The molecule has 0 aliphatic heterocycles. The third kappa shape index (κ3) is 3.81. The second-order valence-electron chi connectivity index (χ2n) is 8.72. The zero-order valence-electron chi connectivity index (χ0n) is 16.7. The van der Waals surface area contributed by atoms with Crippen molar-refractivity contribution in [1.82, 2.24) is 0 Å². The Morgan fingerprint density at radius 1 is 1.00 bits per heavy atom. The molecular weight excluding hydrogens is 354 g/mol. The average Bonchev–Trinajstić information content (AvgIpc) is 2.71. The highest BCUT2D eigenvalue weighted by Crippen LogP contribution is 2.48. The molecule has 0 spiro atoms. The average molecular weight is 385 g/mol. The van der Waals surface area contributed by atoms with Crippen LogP contribution in [0.1, 0.15) is 63.4 Å². The summed E-state index contributed by atoms with van der Waals surface area (Å²) in [6.07, 6.45) is 10.1. The maximum Gasteiger partial charge on any atom is 0.134 e. The van der Waals surface area contributed by atoms with Crippen molar-refractivity contribution in [1.29, 1.82) is 0 Å². The van der Waals surface area contributed by atoms with Gasteiger partial charge in [-0.2, -0.15) is 0 Å². The van der Waals surface area contributed by atoms with Gasteiger partial charge >= 0.3 is 0 Å². The van der Waals surface area contributed by atoms with Crippen LogP contribution < -0.4 is 4.74 Å². The Morgan fingerprint density at radius 2 is 1.79 bits per heavy atom. The van der Waals surface area contributed by atoms with E-state index in [0.29, 0.717) is 34.6 Å². The number of ether oxygens (including phenoxy) is 1. The van der Waals surface area contributed by atoms with E-state index < -0.39 is 0 Å². The molecule has 2 aliphatic carbocycles. The molecular formula is C25H30F2O. The maximum atomic E-state index is 15.0. The van der Waals surface area contributed by atoms with Gasteiger partial charge in [0.25, 0.3) is 0 Å². The first-order chi connectivity index (χ1) is 13.6. The van der Waals surface area contributed by atoms with Crippen molar-refractivity contribution in [3.63, 3.8) is 0 Å². The van der Waals surface area contributed by atoms with Crippen LogP contribution in [-0.2, 0) is 0 Å². The van der Waals surface area contributed by atoms with E-state index in [0.717, 1.165) is 24.7 Å². The summed E-state index contributed by atoms with van der Waals surface area (Å²) in [5.41, 5.74) is 0.697. The number of fused-ring (bicyclic) bond motifs is 2. The molecule has 0 N–H and O–H groups in total. The van der Waals surface area contributed by atoms with Crippen LogP contribution in [0.15, 0.2) is 36.9 Å². The molecule has 28 heavy (non-hydrogen) atoms. The van der Waals surface area contributed by atoms with Crippen molar-refractivity contribution in [3.8, 4) is 5.75 Å². The van der Waals surface area contributed by atoms with Gasteiger partial charge in [-0.1, -0.05) is 32.4 Å². The minimum absolute atomic E-state index is 0.208. The molecule has 2 unspecified atom stereocenters. The molecule has 4 atom stereocenters. The molecule has 2 aliphatic rings. The van der Waals surface area contributed by atoms with E-state index in [1.807, 2.05) is 0 Å². The minimum Gasteiger partial charge on any atom is -0.489 e. The van der Waals surface area contributed by atoms with Crippen LogP contribution in [0.5, 0.6) is 5.75 Å². The Morgan fingerprint density at radius 3 is 2.57 bits per heavy atom. The molecule has 0 amide bonds. The van der Waals surface area contributed by atoms with Gasteiger partial charge in [-0.25, -0.2) is 8.78 Å². The number of halogens is 2. The standard InChI is InChI=1S/C25H30F2O/c1-3-9-28-21-12-20-13-24(26)22(15-23(20)25(27)14-21)19-8-7-17-10-16(4-2)5-6-18(17)11-19/h3,12-19H,1,4-11H2,2H3/t16?,17-,18?,19-/m1/s1. The highest BCUT2D eigenvalue weighted by atomic mass is 19.1. The van der Waals surface area contributed by atoms with Crippen molar-refractivity contribution < 1.29 is 13.5 Å². The van der Waals surface area contributed by atoms with Crippen molar-refractivity contribution in [2.24, 2.45) is 17.8 Å². The summed E-state index contributed by atoms with van der Waals surface area (Å²) in [7, 11) is 0. The van der Waals surface area contributed by atoms with Gasteiger partial charge in [0, 0.05) is 11.5 Å². The van der Waals surface area contributed by atoms with Crippen LogP contribution in [0.2, 0.25) is 0 Å². The van der Waals surface area contributed by atoms with E-state index in [2.05, 4.69) is 13.5 Å². The minimum atomic E-state index is -0.352. The van der Waals surface area contributed by atoms with Gasteiger partial charge in [0.2, 0.25) is 0 Å². The molecule has 3 heteroatoms. The van der Waals surface area contributed by atoms with Crippen LogP contribution in [0, 0.1) is 29.4 Å². The Bertz CT molecular complexity index is 859. The molecule has 2 saturated carbocycles. The third-order valence-electron chi connectivity index (χ3n) is 7.10. The molecule has 0 bridgehead atoms. The predicted octanol–water partition coefficient (Wildman–Crippen LogP) is 7.39. The van der Waals surface area contributed by atoms with E-state index in [-0.39, 0.29) is 17.6 Å². The second kappa shape index (κ2) is 8.23. The fourth-order valence-electron chi connectivity index (χ4n) is 5.52. The molecule has 0 saturated heterocycles. The van der Waals surface area contributed by atoms with Crippen LogP contribution >= 0.6 is 0 Å². The zero-order valence-corrected chi connectivity index (χ0v) is 16.7. The first-order valence-electron chi connectivity index (χ1n) is 10.8. The van der Waals surface area contributed by atoms with E-state index in [1.54, 1.807) is 18.2 Å². The maximum absolute atomic E-state index is 15.0. The van der Waals surface area contributed by atoms with Crippen LogP contribution in [-0.4, -0.2) is 6.61 Å². The number of benzene rings is 2. The van der Waals surface area contributed by atoms with E-state index in [9.17, 15) is 8.78 Å². The summed E-state index contributed by atoms with van der Waals surface area (Å²) in [4.78, 5) is 0. The van der Waals surface area contributed by atoms with Gasteiger partial charge in [-0.05, 0) is 84.9 Å². The van der Waals surface area contributed by atoms with E-state index >= 15 is 0 Å². The first-order valence-corrected chi connectivity index (χ1v) is 10.8. The summed E-state index contributed by atoms with van der Waals surface area (Å²) in [6, 6.07) is 6.32. The number of hydrogen-bond donors (Lipinski definition) is 0. The molecule has 4 rings (SSSR count). The Balaban J connectivity index is 1.58. The van der Waals surface area contributed by atoms with Gasteiger partial charge in [0.15, 0.2) is 0 Å². The predicted molar refractivity (Wildman–Crippen MR) is 111 cm³/mol. The fraction of sp³-hybridized carbons (Fsp3) is 0.520. The third-order valence-corrected chi connectivity index (χ3v) is 7.10. The largest absolute Gasteiger partial charge is 0.489 e. The molecule has 150 valence electrons. The van der Waals surface area contributed by atoms with Gasteiger partial charge in [-0.3, -0.25) is 0 Å². The normalized spacial score (nSPS) is 27.4. The first kappa shape index (κ1) is 19.4. The summed E-state index contributed by atoms with van der Waals surface area (Å²) in [5.74, 6) is 2.44. The van der Waals surface area contributed by atoms with Crippen LogP contribution in [0.4, 0.5) is 8.78 Å². The molecule has 0 heterocycles. The van der Waals surface area contributed by atoms with Gasteiger partial charge < -0.3 is 4.74 Å². The summed E-state index contributed by atoms with van der Waals surface area (Å²) < 4.78 is 35.1. The van der Waals surface area contributed by atoms with E-state index in [4.69, 9.17) is 4.74 Å². The fourth-order valence-corrected chi connectivity index (χ4v) is 5.52. The molecule has 2 fully saturated rings. The molecule has 0 aromatic heterocycles. The lowest BCUT2D eigenvalue weighted by molar-refractivity contribution is 0.115. The lowest BCUT2D eigenvalue weighted by atomic mass is 9.63. The van der Waals surface area contributed by atoms with Gasteiger partial charge in [0.1, 0.15) is 24.0 Å². The van der Waals surface area contributed by atoms with Crippen LogP contribution in [0.25, 0.3) is 10.8 Å². The van der Waals surface area contributed by atoms with Gasteiger partial charge in [-0.15, -0.1) is 0 Å². The number of rotatable bonds is 5. The smallest absolute Gasteiger partial charge is 0.134 e. The lowest BCUT2D eigenvalue weighted by Crippen LogP contribution is -2.30. The van der Waals surface area contributed by atoms with Crippen molar-refractivity contribution >= 4 is 10.8 Å². The Kier molecular flexibility index (Phi) is 5.70.